The highest BCUT2D eigenvalue weighted by molar-refractivity contribution is 9.10. The van der Waals surface area contributed by atoms with E-state index < -0.39 is 9.84 Å². The summed E-state index contributed by atoms with van der Waals surface area (Å²) < 4.78 is 40.5. The number of nitrogens with one attached hydrogen (secondary N) is 1. The number of ether oxygens (including phenoxy) is 2. The van der Waals surface area contributed by atoms with Gasteiger partial charge in [0.1, 0.15) is 27.6 Å². The predicted molar refractivity (Wildman–Crippen MR) is 138 cm³/mol. The predicted octanol–water partition coefficient (Wildman–Crippen LogP) is 2.89. The summed E-state index contributed by atoms with van der Waals surface area (Å²) in [5.74, 6) is 1.15. The lowest BCUT2D eigenvalue weighted by Crippen LogP contribution is -2.41. The van der Waals surface area contributed by atoms with E-state index in [1.165, 1.54) is 0 Å². The molecule has 188 valence electrons. The Kier molecular flexibility index (Phi) is 6.41. The zero-order valence-corrected chi connectivity index (χ0v) is 22.3. The maximum Gasteiger partial charge on any atom is 0.214 e. The molecule has 0 amide bonds. The lowest BCUT2D eigenvalue weighted by atomic mass is 10.2. The van der Waals surface area contributed by atoms with E-state index in [1.54, 1.807) is 19.1 Å². The molecule has 0 radical (unpaired) electrons. The van der Waals surface area contributed by atoms with Crippen LogP contribution < -0.4 is 15.5 Å². The Morgan fingerprint density at radius 2 is 1.74 bits per heavy atom. The normalized spacial score (nSPS) is 21.6. The fraction of sp³-hybridized carbons (Fsp3) is 0.478. The van der Waals surface area contributed by atoms with Crippen molar-refractivity contribution in [2.24, 2.45) is 0 Å². The fourth-order valence-electron chi connectivity index (χ4n) is 4.78. The molecule has 2 aliphatic rings. The maximum absolute atomic E-state index is 14.2. The minimum atomic E-state index is -4.04. The van der Waals surface area contributed by atoms with Gasteiger partial charge < -0.3 is 30.0 Å². The van der Waals surface area contributed by atoms with Gasteiger partial charge in [-0.1, -0.05) is 15.9 Å². The smallest absolute Gasteiger partial charge is 0.214 e. The molecule has 2 saturated heterocycles. The summed E-state index contributed by atoms with van der Waals surface area (Å²) in [6.07, 6.45) is 0.0242. The van der Waals surface area contributed by atoms with Crippen molar-refractivity contribution in [1.82, 2.24) is 15.0 Å². The van der Waals surface area contributed by atoms with Crippen molar-refractivity contribution in [3.05, 3.63) is 28.5 Å². The van der Waals surface area contributed by atoms with E-state index in [-0.39, 0.29) is 27.8 Å². The minimum absolute atomic E-state index is 0.00898. The van der Waals surface area contributed by atoms with Gasteiger partial charge in [-0.3, -0.25) is 0 Å². The molecule has 2 aliphatic heterocycles. The number of nitrogens with zero attached hydrogens (tertiary/aromatic N) is 4. The van der Waals surface area contributed by atoms with Crippen LogP contribution in [-0.4, -0.2) is 75.0 Å². The van der Waals surface area contributed by atoms with Crippen molar-refractivity contribution in [3.8, 4) is 0 Å². The van der Waals surface area contributed by atoms with Crippen LogP contribution in [-0.2, 0) is 19.3 Å². The van der Waals surface area contributed by atoms with Crippen LogP contribution in [0.25, 0.3) is 11.0 Å². The molecular weight excluding hydrogens is 536 g/mol. The number of aromatic amines is 1. The molecule has 5 rings (SSSR count). The van der Waals surface area contributed by atoms with Gasteiger partial charge in [0.2, 0.25) is 9.84 Å². The van der Waals surface area contributed by atoms with Crippen LogP contribution in [0.3, 0.4) is 0 Å². The van der Waals surface area contributed by atoms with Crippen LogP contribution in [0.4, 0.5) is 17.3 Å². The molecule has 2 atom stereocenters. The number of H-pyrrole nitrogens is 1. The SMILES string of the molecule is Cc1nc(N2CCO[C@@H](C)C2)c2[nH]c(N)c(S(=O)(=O)c3ccc(Br)cc3N3CCO[C@@H](C)C3)c2n1. The van der Waals surface area contributed by atoms with E-state index in [4.69, 9.17) is 15.2 Å². The van der Waals surface area contributed by atoms with Crippen molar-refractivity contribution in [2.45, 2.75) is 42.8 Å². The first-order chi connectivity index (χ1) is 16.6. The number of aromatic nitrogens is 3. The van der Waals surface area contributed by atoms with Crippen molar-refractivity contribution >= 4 is 54.1 Å². The molecule has 0 spiro atoms. The Balaban J connectivity index is 1.67. The number of sulfone groups is 1. The van der Waals surface area contributed by atoms with Gasteiger partial charge in [-0.2, -0.15) is 0 Å². The Hall–Kier alpha value is -2.41. The van der Waals surface area contributed by atoms with Crippen LogP contribution in [0, 0.1) is 6.92 Å². The largest absolute Gasteiger partial charge is 0.384 e. The number of nitrogens with two attached hydrogens (primary N) is 1. The van der Waals surface area contributed by atoms with E-state index in [9.17, 15) is 8.42 Å². The van der Waals surface area contributed by atoms with E-state index in [1.807, 2.05) is 24.8 Å². The topological polar surface area (TPSA) is 127 Å². The number of aryl methyl sites for hydroxylation is 1. The summed E-state index contributed by atoms with van der Waals surface area (Å²) in [6, 6.07) is 5.18. The molecule has 10 nitrogen and oxygen atoms in total. The van der Waals surface area contributed by atoms with E-state index >= 15 is 0 Å². The first-order valence-electron chi connectivity index (χ1n) is 11.6. The number of benzene rings is 1. The number of halogens is 1. The number of fused-ring (bicyclic) bond motifs is 1. The second-order valence-corrected chi connectivity index (χ2v) is 11.8. The molecule has 2 fully saturated rings. The molecule has 2 aromatic heterocycles. The third-order valence-corrected chi connectivity index (χ3v) is 8.69. The second kappa shape index (κ2) is 9.23. The number of morpholine rings is 2. The van der Waals surface area contributed by atoms with Gasteiger partial charge in [0.25, 0.3) is 0 Å². The molecule has 1 aromatic carbocycles. The van der Waals surface area contributed by atoms with Crippen molar-refractivity contribution in [1.29, 1.82) is 0 Å². The summed E-state index contributed by atoms with van der Waals surface area (Å²) in [5.41, 5.74) is 7.76. The van der Waals surface area contributed by atoms with Crippen LogP contribution >= 0.6 is 15.9 Å². The summed E-state index contributed by atoms with van der Waals surface area (Å²) >= 11 is 3.50. The molecule has 0 saturated carbocycles. The quantitative estimate of drug-likeness (QED) is 0.491. The highest BCUT2D eigenvalue weighted by Crippen LogP contribution is 2.40. The second-order valence-electron chi connectivity index (χ2n) is 9.06. The van der Waals surface area contributed by atoms with Crippen LogP contribution in [0.2, 0.25) is 0 Å². The number of nitrogen functional groups attached to an aromatic ring is 1. The standard InChI is InChI=1S/C23H29BrN6O4S/c1-13-11-29(6-8-33-13)17-10-16(24)4-5-18(17)35(31,32)21-19-20(28-22(21)25)23(27-15(3)26-19)30-7-9-34-14(2)12-30/h4-5,10,13-14,28H,6-9,11-12,25H2,1-3H3/t13-,14-/m0/s1. The fourth-order valence-corrected chi connectivity index (χ4v) is 6.80. The first kappa shape index (κ1) is 24.3. The van der Waals surface area contributed by atoms with E-state index in [0.29, 0.717) is 67.8 Å². The van der Waals surface area contributed by atoms with Gasteiger partial charge in [-0.15, -0.1) is 0 Å². The van der Waals surface area contributed by atoms with Crippen molar-refractivity contribution in [3.63, 3.8) is 0 Å². The molecule has 3 N–H and O–H groups in total. The minimum Gasteiger partial charge on any atom is -0.384 e. The van der Waals surface area contributed by atoms with Gasteiger partial charge in [0.15, 0.2) is 5.82 Å². The lowest BCUT2D eigenvalue weighted by molar-refractivity contribution is 0.0528. The average Bonchev–Trinajstić information content (AvgIpc) is 3.14. The van der Waals surface area contributed by atoms with Gasteiger partial charge in [-0.05, 0) is 39.0 Å². The molecular formula is C23H29BrN6O4S. The van der Waals surface area contributed by atoms with E-state index in [0.717, 1.165) is 4.47 Å². The highest BCUT2D eigenvalue weighted by Gasteiger charge is 2.33. The Bertz CT molecular complexity index is 1380. The first-order valence-corrected chi connectivity index (χ1v) is 13.9. The summed E-state index contributed by atoms with van der Waals surface area (Å²) in [7, 11) is -4.04. The van der Waals surface area contributed by atoms with Crippen LogP contribution in [0.5, 0.6) is 0 Å². The van der Waals surface area contributed by atoms with Gasteiger partial charge >= 0.3 is 0 Å². The molecule has 3 aromatic rings. The zero-order valence-electron chi connectivity index (χ0n) is 19.9. The third kappa shape index (κ3) is 4.48. The molecule has 0 unspecified atom stereocenters. The van der Waals surface area contributed by atoms with Crippen molar-refractivity contribution in [2.75, 3.05) is 54.9 Å². The van der Waals surface area contributed by atoms with Gasteiger partial charge in [-0.25, -0.2) is 18.4 Å². The number of anilines is 3. The average molecular weight is 565 g/mol. The Labute approximate surface area is 212 Å². The molecule has 35 heavy (non-hydrogen) atoms. The number of hydrogen-bond donors (Lipinski definition) is 2. The van der Waals surface area contributed by atoms with E-state index in [2.05, 4.69) is 35.8 Å². The summed E-state index contributed by atoms with van der Waals surface area (Å²) in [5, 5.41) is 0. The van der Waals surface area contributed by atoms with Crippen LogP contribution in [0.15, 0.2) is 32.5 Å². The number of hydrogen-bond acceptors (Lipinski definition) is 9. The monoisotopic (exact) mass is 564 g/mol. The summed E-state index contributed by atoms with van der Waals surface area (Å²) in [4.78, 5) is 16.5. The summed E-state index contributed by atoms with van der Waals surface area (Å²) in [6.45, 7) is 9.27. The maximum atomic E-state index is 14.2. The molecule has 4 heterocycles. The Morgan fingerprint density at radius 3 is 2.43 bits per heavy atom. The Morgan fingerprint density at radius 1 is 1.09 bits per heavy atom. The third-order valence-electron chi connectivity index (χ3n) is 6.32. The van der Waals surface area contributed by atoms with Gasteiger partial charge in [0, 0.05) is 30.7 Å². The zero-order chi connectivity index (χ0) is 24.9. The molecule has 0 aliphatic carbocycles. The highest BCUT2D eigenvalue weighted by atomic mass is 79.9. The molecule has 12 heteroatoms. The van der Waals surface area contributed by atoms with Crippen molar-refractivity contribution < 1.29 is 17.9 Å². The molecule has 0 bridgehead atoms. The lowest BCUT2D eigenvalue weighted by Gasteiger charge is -2.34. The van der Waals surface area contributed by atoms with Gasteiger partial charge in [0.05, 0.1) is 36.0 Å². The number of rotatable bonds is 4. The van der Waals surface area contributed by atoms with Crippen LogP contribution in [0.1, 0.15) is 19.7 Å².